The molecule has 0 aliphatic heterocycles. The SMILES string of the molecule is c1ccc(-c2cccc(-c3ccc(N(c4cccc(-c5ccccc5-n5c6ccccc6c6ccccc65)c4)c4cccc(-c5cccc6c5oc5ccccc56)c4)cc3)c2)cc1. The van der Waals surface area contributed by atoms with E-state index < -0.39 is 0 Å². The molecule has 0 N–H and O–H groups in total. The van der Waals surface area contributed by atoms with Gasteiger partial charge in [0.2, 0.25) is 0 Å². The summed E-state index contributed by atoms with van der Waals surface area (Å²) in [4.78, 5) is 2.37. The van der Waals surface area contributed by atoms with Gasteiger partial charge in [-0.05, 0) is 100 Å². The van der Waals surface area contributed by atoms with Crippen LogP contribution in [0.2, 0.25) is 0 Å². The lowest BCUT2D eigenvalue weighted by molar-refractivity contribution is 0.670. The van der Waals surface area contributed by atoms with Crippen molar-refractivity contribution in [2.75, 3.05) is 4.90 Å². The predicted octanol–water partition coefficient (Wildman–Crippen LogP) is 16.8. The third-order valence-electron chi connectivity index (χ3n) is 12.4. The van der Waals surface area contributed by atoms with Gasteiger partial charge in [0.05, 0.1) is 16.7 Å². The van der Waals surface area contributed by atoms with Gasteiger partial charge < -0.3 is 13.9 Å². The van der Waals surface area contributed by atoms with Gasteiger partial charge in [-0.3, -0.25) is 0 Å². The Morgan fingerprint density at radius 2 is 0.794 bits per heavy atom. The van der Waals surface area contributed by atoms with E-state index in [2.05, 4.69) is 240 Å². The van der Waals surface area contributed by atoms with Gasteiger partial charge in [-0.25, -0.2) is 0 Å². The van der Waals surface area contributed by atoms with Crippen LogP contribution >= 0.6 is 0 Å². The predicted molar refractivity (Wildman–Crippen MR) is 264 cm³/mol. The molecule has 12 aromatic rings. The van der Waals surface area contributed by atoms with Gasteiger partial charge in [-0.1, -0.05) is 176 Å². The first-order valence-electron chi connectivity index (χ1n) is 21.5. The number of anilines is 3. The number of para-hydroxylation sites is 5. The molecule has 12 rings (SSSR count). The second kappa shape index (κ2) is 15.3. The molecule has 3 heteroatoms. The molecule has 0 bridgehead atoms. The largest absolute Gasteiger partial charge is 0.455 e. The van der Waals surface area contributed by atoms with Crippen LogP contribution in [0.5, 0.6) is 0 Å². The second-order valence-corrected chi connectivity index (χ2v) is 16.1. The molecule has 0 aliphatic rings. The van der Waals surface area contributed by atoms with Crippen LogP contribution in [0.25, 0.3) is 93.9 Å². The maximum absolute atomic E-state index is 6.54. The summed E-state index contributed by atoms with van der Waals surface area (Å²) in [5.74, 6) is 0. The number of hydrogen-bond donors (Lipinski definition) is 0. The summed E-state index contributed by atoms with van der Waals surface area (Å²) in [6.45, 7) is 0. The summed E-state index contributed by atoms with van der Waals surface area (Å²) in [6, 6.07) is 87.1. The van der Waals surface area contributed by atoms with Crippen molar-refractivity contribution in [3.63, 3.8) is 0 Å². The number of benzene rings is 10. The molecule has 63 heavy (non-hydrogen) atoms. The van der Waals surface area contributed by atoms with Crippen LogP contribution in [0, 0.1) is 0 Å². The van der Waals surface area contributed by atoms with E-state index in [1.807, 2.05) is 12.1 Å². The van der Waals surface area contributed by atoms with Crippen molar-refractivity contribution < 1.29 is 4.42 Å². The smallest absolute Gasteiger partial charge is 0.143 e. The molecule has 0 amide bonds. The summed E-state index contributed by atoms with van der Waals surface area (Å²) in [5.41, 5.74) is 17.7. The van der Waals surface area contributed by atoms with Crippen LogP contribution in [0.4, 0.5) is 17.1 Å². The van der Waals surface area contributed by atoms with Gasteiger partial charge in [0.15, 0.2) is 0 Å². The van der Waals surface area contributed by atoms with E-state index in [0.717, 1.165) is 72.5 Å². The van der Waals surface area contributed by atoms with Crippen molar-refractivity contribution in [1.29, 1.82) is 0 Å². The molecule has 0 unspecified atom stereocenters. The van der Waals surface area contributed by atoms with Crippen LogP contribution < -0.4 is 4.90 Å². The summed E-state index contributed by atoms with van der Waals surface area (Å²) in [6.07, 6.45) is 0. The Morgan fingerprint density at radius 3 is 1.51 bits per heavy atom. The van der Waals surface area contributed by atoms with Gasteiger partial charge >= 0.3 is 0 Å². The Hall–Kier alpha value is -8.40. The third-order valence-corrected chi connectivity index (χ3v) is 12.4. The highest BCUT2D eigenvalue weighted by atomic mass is 16.3. The van der Waals surface area contributed by atoms with Gasteiger partial charge in [-0.15, -0.1) is 0 Å². The van der Waals surface area contributed by atoms with Crippen molar-refractivity contribution in [2.45, 2.75) is 0 Å². The van der Waals surface area contributed by atoms with Gasteiger partial charge in [0.1, 0.15) is 11.2 Å². The fraction of sp³-hybridized carbons (Fsp3) is 0. The summed E-state index contributed by atoms with van der Waals surface area (Å²) < 4.78 is 8.96. The second-order valence-electron chi connectivity index (χ2n) is 16.1. The highest BCUT2D eigenvalue weighted by Gasteiger charge is 2.19. The Labute approximate surface area is 366 Å². The lowest BCUT2D eigenvalue weighted by Crippen LogP contribution is -2.10. The van der Waals surface area contributed by atoms with Crippen LogP contribution in [0.1, 0.15) is 0 Å². The van der Waals surface area contributed by atoms with E-state index >= 15 is 0 Å². The highest BCUT2D eigenvalue weighted by molar-refractivity contribution is 6.11. The van der Waals surface area contributed by atoms with Crippen molar-refractivity contribution in [3.8, 4) is 50.2 Å². The normalized spacial score (nSPS) is 11.5. The topological polar surface area (TPSA) is 21.3 Å². The van der Waals surface area contributed by atoms with Crippen LogP contribution in [-0.4, -0.2) is 4.57 Å². The first kappa shape index (κ1) is 36.5. The van der Waals surface area contributed by atoms with E-state index in [-0.39, 0.29) is 0 Å². The quantitative estimate of drug-likeness (QED) is 0.153. The number of hydrogen-bond acceptors (Lipinski definition) is 2. The number of furan rings is 1. The van der Waals surface area contributed by atoms with Crippen molar-refractivity contribution in [2.24, 2.45) is 0 Å². The monoisotopic (exact) mass is 804 g/mol. The molecule has 296 valence electrons. The lowest BCUT2D eigenvalue weighted by atomic mass is 9.98. The maximum Gasteiger partial charge on any atom is 0.143 e. The zero-order valence-electron chi connectivity index (χ0n) is 34.4. The molecule has 0 saturated carbocycles. The van der Waals surface area contributed by atoms with Crippen LogP contribution in [-0.2, 0) is 0 Å². The number of rotatable bonds is 8. The first-order chi connectivity index (χ1) is 31.2. The number of fused-ring (bicyclic) bond motifs is 6. The minimum Gasteiger partial charge on any atom is -0.455 e. The molecule has 0 saturated heterocycles. The number of nitrogens with zero attached hydrogens (tertiary/aromatic N) is 2. The van der Waals surface area contributed by atoms with Crippen LogP contribution in [0.3, 0.4) is 0 Å². The number of aromatic nitrogens is 1. The highest BCUT2D eigenvalue weighted by Crippen LogP contribution is 2.43. The Kier molecular flexibility index (Phi) is 8.83. The van der Waals surface area contributed by atoms with Gasteiger partial charge in [0.25, 0.3) is 0 Å². The molecular formula is C60H40N2O. The molecule has 0 aliphatic carbocycles. The molecule has 0 radical (unpaired) electrons. The first-order valence-corrected chi connectivity index (χ1v) is 21.5. The summed E-state index contributed by atoms with van der Waals surface area (Å²) in [5, 5.41) is 4.74. The lowest BCUT2D eigenvalue weighted by Gasteiger charge is -2.27. The molecule has 0 spiro atoms. The van der Waals surface area contributed by atoms with Gasteiger partial charge in [-0.2, -0.15) is 0 Å². The van der Waals surface area contributed by atoms with E-state index in [0.29, 0.717) is 0 Å². The average molecular weight is 805 g/mol. The average Bonchev–Trinajstić information content (AvgIpc) is 3.91. The van der Waals surface area contributed by atoms with E-state index in [9.17, 15) is 0 Å². The molecule has 0 fully saturated rings. The van der Waals surface area contributed by atoms with E-state index in [1.165, 1.54) is 38.5 Å². The third kappa shape index (κ3) is 6.38. The zero-order chi connectivity index (χ0) is 41.7. The Bertz CT molecular complexity index is 3580. The van der Waals surface area contributed by atoms with Crippen LogP contribution in [0.15, 0.2) is 247 Å². The molecule has 2 heterocycles. The molecule has 2 aromatic heterocycles. The standard InChI is InChI=1S/C60H40N2O/c1-2-16-41(17-3-1)43-18-12-19-44(38-43)42-34-36-47(37-35-42)61(49-23-14-21-46(40-49)51-28-15-29-55-54-27-7-11-33-59(54)63-60(51)55)48-22-13-20-45(39-48)50-24-4-8-30-56(50)62-57-31-9-5-25-52(57)53-26-6-10-32-58(53)62/h1-40H. The maximum atomic E-state index is 6.54. The minimum absolute atomic E-state index is 0.894. The fourth-order valence-electron chi connectivity index (χ4n) is 9.45. The van der Waals surface area contributed by atoms with E-state index in [4.69, 9.17) is 4.42 Å². The van der Waals surface area contributed by atoms with Crippen molar-refractivity contribution in [3.05, 3.63) is 243 Å². The molecular weight excluding hydrogens is 765 g/mol. The Morgan fingerprint density at radius 1 is 0.302 bits per heavy atom. The van der Waals surface area contributed by atoms with Crippen molar-refractivity contribution >= 4 is 60.8 Å². The minimum atomic E-state index is 0.894. The molecule has 0 atom stereocenters. The van der Waals surface area contributed by atoms with Crippen molar-refractivity contribution in [1.82, 2.24) is 4.57 Å². The summed E-state index contributed by atoms with van der Waals surface area (Å²) in [7, 11) is 0. The Balaban J connectivity index is 1.00. The zero-order valence-corrected chi connectivity index (χ0v) is 34.4. The molecule has 3 nitrogen and oxygen atoms in total. The fourth-order valence-corrected chi connectivity index (χ4v) is 9.45. The molecule has 10 aromatic carbocycles. The summed E-state index contributed by atoms with van der Waals surface area (Å²) >= 11 is 0. The van der Waals surface area contributed by atoms with E-state index in [1.54, 1.807) is 0 Å². The van der Waals surface area contributed by atoms with Gasteiger partial charge in [0, 0.05) is 49.7 Å².